The summed E-state index contributed by atoms with van der Waals surface area (Å²) in [5.74, 6) is 0.572. The van der Waals surface area contributed by atoms with Gasteiger partial charge in [0.1, 0.15) is 0 Å². The van der Waals surface area contributed by atoms with Gasteiger partial charge in [0.05, 0.1) is 9.34 Å². The zero-order valence-corrected chi connectivity index (χ0v) is 9.83. The zero-order valence-electron chi connectivity index (χ0n) is 8.25. The van der Waals surface area contributed by atoms with Gasteiger partial charge in [0.25, 0.3) is 0 Å². The Hall–Kier alpha value is -0.580. The third-order valence-electron chi connectivity index (χ3n) is 2.47. The highest BCUT2D eigenvalue weighted by Crippen LogP contribution is 2.26. The topological polar surface area (TPSA) is 41.1 Å². The number of hydrogen-bond donors (Lipinski definition) is 2. The van der Waals surface area contributed by atoms with Gasteiger partial charge in [0.15, 0.2) is 0 Å². The molecule has 1 unspecified atom stereocenters. The minimum Gasteiger partial charge on any atom is -0.318 e. The van der Waals surface area contributed by atoms with E-state index in [0.29, 0.717) is 16.7 Å². The number of carbonyl (C=O) groups is 1. The van der Waals surface area contributed by atoms with Crippen LogP contribution in [-0.2, 0) is 4.79 Å². The largest absolute Gasteiger partial charge is 0.318 e. The molecule has 0 bridgehead atoms. The number of hydrogen-bond acceptors (Lipinski definition) is 3. The molecule has 1 amide bonds. The maximum Gasteiger partial charge on any atom is 0.225 e. The summed E-state index contributed by atoms with van der Waals surface area (Å²) >= 11 is 7.16. The van der Waals surface area contributed by atoms with E-state index in [4.69, 9.17) is 11.6 Å². The first-order valence-electron chi connectivity index (χ1n) is 5.00. The molecule has 3 nitrogen and oxygen atoms in total. The summed E-state index contributed by atoms with van der Waals surface area (Å²) in [4.78, 5) is 11.6. The van der Waals surface area contributed by atoms with Crippen LogP contribution < -0.4 is 10.6 Å². The lowest BCUT2D eigenvalue weighted by molar-refractivity contribution is -0.116. The SMILES string of the molecule is O=C(CC1CCNC1)Nc1ccc(Cl)s1. The maximum atomic E-state index is 11.6. The van der Waals surface area contributed by atoms with Crippen LogP contribution in [0.3, 0.4) is 0 Å². The molecule has 1 fully saturated rings. The van der Waals surface area contributed by atoms with Gasteiger partial charge in [0, 0.05) is 6.42 Å². The van der Waals surface area contributed by atoms with Gasteiger partial charge in [-0.2, -0.15) is 0 Å². The van der Waals surface area contributed by atoms with Crippen molar-refractivity contribution < 1.29 is 4.79 Å². The predicted molar refractivity (Wildman–Crippen MR) is 63.6 cm³/mol. The van der Waals surface area contributed by atoms with Gasteiger partial charge in [-0.15, -0.1) is 11.3 Å². The lowest BCUT2D eigenvalue weighted by atomic mass is 10.1. The highest BCUT2D eigenvalue weighted by atomic mass is 35.5. The van der Waals surface area contributed by atoms with E-state index < -0.39 is 0 Å². The van der Waals surface area contributed by atoms with Gasteiger partial charge in [-0.25, -0.2) is 0 Å². The summed E-state index contributed by atoms with van der Waals surface area (Å²) in [7, 11) is 0. The van der Waals surface area contributed by atoms with Crippen molar-refractivity contribution >= 4 is 33.8 Å². The first-order valence-corrected chi connectivity index (χ1v) is 6.19. The molecule has 1 aromatic heterocycles. The summed E-state index contributed by atoms with van der Waals surface area (Å²) in [6.45, 7) is 1.99. The van der Waals surface area contributed by atoms with Crippen LogP contribution in [0.25, 0.3) is 0 Å². The second-order valence-corrected chi connectivity index (χ2v) is 5.43. The molecule has 2 rings (SSSR count). The number of carbonyl (C=O) groups excluding carboxylic acids is 1. The molecule has 0 saturated carbocycles. The van der Waals surface area contributed by atoms with E-state index in [-0.39, 0.29) is 5.91 Å². The standard InChI is InChI=1S/C10H13ClN2OS/c11-8-1-2-10(15-8)13-9(14)5-7-3-4-12-6-7/h1-2,7,12H,3-6H2,(H,13,14). The molecule has 2 N–H and O–H groups in total. The summed E-state index contributed by atoms with van der Waals surface area (Å²) < 4.78 is 0.702. The predicted octanol–water partition coefficient (Wildman–Crippen LogP) is 2.34. The van der Waals surface area contributed by atoms with Crippen LogP contribution in [0.2, 0.25) is 4.34 Å². The lowest BCUT2D eigenvalue weighted by Gasteiger charge is -2.07. The van der Waals surface area contributed by atoms with E-state index in [1.165, 1.54) is 11.3 Å². The Morgan fingerprint density at radius 1 is 1.67 bits per heavy atom. The molecule has 0 radical (unpaired) electrons. The highest BCUT2D eigenvalue weighted by Gasteiger charge is 2.18. The monoisotopic (exact) mass is 244 g/mol. The van der Waals surface area contributed by atoms with Crippen molar-refractivity contribution in [3.8, 4) is 0 Å². The van der Waals surface area contributed by atoms with Crippen LogP contribution in [0.5, 0.6) is 0 Å². The zero-order chi connectivity index (χ0) is 10.7. The minimum absolute atomic E-state index is 0.0854. The first kappa shape index (κ1) is 10.9. The van der Waals surface area contributed by atoms with Crippen LogP contribution >= 0.6 is 22.9 Å². The van der Waals surface area contributed by atoms with Crippen LogP contribution in [0, 0.1) is 5.92 Å². The molecular formula is C10H13ClN2OS. The number of halogens is 1. The van der Waals surface area contributed by atoms with Gasteiger partial charge in [0.2, 0.25) is 5.91 Å². The fraction of sp³-hybridized carbons (Fsp3) is 0.500. The van der Waals surface area contributed by atoms with E-state index >= 15 is 0 Å². The van der Waals surface area contributed by atoms with E-state index in [2.05, 4.69) is 10.6 Å². The van der Waals surface area contributed by atoms with E-state index in [9.17, 15) is 4.79 Å². The molecule has 0 spiro atoms. The third kappa shape index (κ3) is 3.19. The van der Waals surface area contributed by atoms with Crippen molar-refractivity contribution in [2.75, 3.05) is 18.4 Å². The van der Waals surface area contributed by atoms with Gasteiger partial charge in [-0.05, 0) is 37.6 Å². The lowest BCUT2D eigenvalue weighted by Crippen LogP contribution is -2.17. The Bertz CT molecular complexity index is 347. The Kier molecular flexibility index (Phi) is 3.61. The molecule has 1 aliphatic rings. The molecule has 2 heterocycles. The number of nitrogens with one attached hydrogen (secondary N) is 2. The van der Waals surface area contributed by atoms with Crippen molar-refractivity contribution in [2.45, 2.75) is 12.8 Å². The van der Waals surface area contributed by atoms with Gasteiger partial charge >= 0.3 is 0 Å². The number of anilines is 1. The highest BCUT2D eigenvalue weighted by molar-refractivity contribution is 7.20. The van der Waals surface area contributed by atoms with Crippen LogP contribution in [0.4, 0.5) is 5.00 Å². The Labute approximate surface area is 97.8 Å². The Balaban J connectivity index is 1.81. The summed E-state index contributed by atoms with van der Waals surface area (Å²) in [6.07, 6.45) is 1.70. The van der Waals surface area contributed by atoms with Crippen LogP contribution in [-0.4, -0.2) is 19.0 Å². The average Bonchev–Trinajstić information content (AvgIpc) is 2.77. The van der Waals surface area contributed by atoms with Crippen molar-refractivity contribution in [3.63, 3.8) is 0 Å². The van der Waals surface area contributed by atoms with Crippen molar-refractivity contribution in [1.29, 1.82) is 0 Å². The third-order valence-corrected chi connectivity index (χ3v) is 3.62. The van der Waals surface area contributed by atoms with E-state index in [1.807, 2.05) is 6.07 Å². The number of amides is 1. The second kappa shape index (κ2) is 4.96. The normalized spacial score (nSPS) is 20.5. The fourth-order valence-corrected chi connectivity index (χ4v) is 2.68. The molecule has 1 saturated heterocycles. The van der Waals surface area contributed by atoms with Gasteiger partial charge in [-0.3, -0.25) is 4.79 Å². The summed E-state index contributed by atoms with van der Waals surface area (Å²) in [6, 6.07) is 3.62. The van der Waals surface area contributed by atoms with Gasteiger partial charge < -0.3 is 10.6 Å². The molecule has 0 aliphatic carbocycles. The number of rotatable bonds is 3. The summed E-state index contributed by atoms with van der Waals surface area (Å²) in [5, 5.41) is 6.93. The molecule has 82 valence electrons. The summed E-state index contributed by atoms with van der Waals surface area (Å²) in [5.41, 5.74) is 0. The molecule has 1 aromatic rings. The van der Waals surface area contributed by atoms with Crippen molar-refractivity contribution in [3.05, 3.63) is 16.5 Å². The second-order valence-electron chi connectivity index (χ2n) is 3.71. The van der Waals surface area contributed by atoms with E-state index in [1.54, 1.807) is 6.07 Å². The minimum atomic E-state index is 0.0854. The average molecular weight is 245 g/mol. The molecule has 1 aliphatic heterocycles. The maximum absolute atomic E-state index is 11.6. The van der Waals surface area contributed by atoms with Gasteiger partial charge in [-0.1, -0.05) is 11.6 Å². The molecule has 1 atom stereocenters. The molecular weight excluding hydrogens is 232 g/mol. The Morgan fingerprint density at radius 3 is 3.13 bits per heavy atom. The van der Waals surface area contributed by atoms with E-state index in [0.717, 1.165) is 24.5 Å². The molecule has 5 heteroatoms. The molecule has 15 heavy (non-hydrogen) atoms. The number of thiophene rings is 1. The van der Waals surface area contributed by atoms with Crippen LogP contribution in [0.1, 0.15) is 12.8 Å². The smallest absolute Gasteiger partial charge is 0.225 e. The van der Waals surface area contributed by atoms with Crippen molar-refractivity contribution in [2.24, 2.45) is 5.92 Å². The van der Waals surface area contributed by atoms with Crippen LogP contribution in [0.15, 0.2) is 12.1 Å². The quantitative estimate of drug-likeness (QED) is 0.857. The van der Waals surface area contributed by atoms with Crippen molar-refractivity contribution in [1.82, 2.24) is 5.32 Å². The fourth-order valence-electron chi connectivity index (χ4n) is 1.72. The Morgan fingerprint density at radius 2 is 2.53 bits per heavy atom. The molecule has 0 aromatic carbocycles. The first-order chi connectivity index (χ1) is 7.24.